The summed E-state index contributed by atoms with van der Waals surface area (Å²) in [6.45, 7) is 5.08. The standard InChI is InChI=1S/C33H70NO6P/c1-3-5-7-9-11-13-15-16-17-18-19-21-23-25-27-33-39-41(37,40-34(28-30-35)29-31-36)38-32-26-24-22-20-14-12-10-8-6-4-2/h35-36H,3-33H2,1-2H3. The molecule has 0 heterocycles. The molecule has 0 aliphatic heterocycles. The van der Waals surface area contributed by atoms with Crippen molar-refractivity contribution in [3.05, 3.63) is 0 Å². The van der Waals surface area contributed by atoms with Crippen molar-refractivity contribution in [2.75, 3.05) is 39.5 Å². The molecule has 0 fully saturated rings. The molecule has 8 heteroatoms. The second-order valence-corrected chi connectivity index (χ2v) is 13.3. The third-order valence-electron chi connectivity index (χ3n) is 7.66. The van der Waals surface area contributed by atoms with E-state index in [0.29, 0.717) is 13.2 Å². The van der Waals surface area contributed by atoms with E-state index in [1.807, 2.05) is 0 Å². The van der Waals surface area contributed by atoms with Gasteiger partial charge in [-0.25, -0.2) is 4.57 Å². The van der Waals surface area contributed by atoms with Gasteiger partial charge in [0.25, 0.3) is 0 Å². The number of aliphatic hydroxyl groups excluding tert-OH is 2. The van der Waals surface area contributed by atoms with E-state index in [1.54, 1.807) is 0 Å². The Morgan fingerprint density at radius 1 is 0.463 bits per heavy atom. The normalized spacial score (nSPS) is 13.3. The van der Waals surface area contributed by atoms with Crippen LogP contribution in [0, 0.1) is 0 Å². The van der Waals surface area contributed by atoms with Crippen molar-refractivity contribution < 1.29 is 28.5 Å². The lowest BCUT2D eigenvalue weighted by molar-refractivity contribution is -0.105. The number of rotatable bonds is 35. The largest absolute Gasteiger partial charge is 0.491 e. The fourth-order valence-electron chi connectivity index (χ4n) is 5.06. The molecule has 0 aromatic heterocycles. The zero-order chi connectivity index (χ0) is 30.1. The minimum atomic E-state index is -3.80. The van der Waals surface area contributed by atoms with E-state index in [1.165, 1.54) is 127 Å². The van der Waals surface area contributed by atoms with Crippen LogP contribution in [-0.4, -0.2) is 54.8 Å². The van der Waals surface area contributed by atoms with Gasteiger partial charge in [0, 0.05) is 13.1 Å². The van der Waals surface area contributed by atoms with Crippen LogP contribution in [0.2, 0.25) is 0 Å². The second-order valence-electron chi connectivity index (χ2n) is 11.7. The highest BCUT2D eigenvalue weighted by Gasteiger charge is 2.30. The Morgan fingerprint density at radius 3 is 1.00 bits per heavy atom. The number of phosphoric ester groups is 1. The van der Waals surface area contributed by atoms with Crippen LogP contribution in [0.5, 0.6) is 0 Å². The molecular formula is C33H70NO6P. The van der Waals surface area contributed by atoms with E-state index in [4.69, 9.17) is 13.7 Å². The first-order valence-corrected chi connectivity index (χ1v) is 19.1. The van der Waals surface area contributed by atoms with Gasteiger partial charge < -0.3 is 10.2 Å². The van der Waals surface area contributed by atoms with E-state index >= 15 is 0 Å². The predicted molar refractivity (Wildman–Crippen MR) is 173 cm³/mol. The highest BCUT2D eigenvalue weighted by Crippen LogP contribution is 2.50. The van der Waals surface area contributed by atoms with Crippen molar-refractivity contribution in [2.24, 2.45) is 0 Å². The molecule has 0 aromatic rings. The molecule has 1 unspecified atom stereocenters. The van der Waals surface area contributed by atoms with Crippen molar-refractivity contribution in [1.82, 2.24) is 5.06 Å². The van der Waals surface area contributed by atoms with Gasteiger partial charge >= 0.3 is 7.82 Å². The third-order valence-corrected chi connectivity index (χ3v) is 9.09. The maximum Gasteiger partial charge on any atom is 0.491 e. The van der Waals surface area contributed by atoms with Crippen LogP contribution in [0.4, 0.5) is 0 Å². The van der Waals surface area contributed by atoms with Gasteiger partial charge in [-0.2, -0.15) is 9.69 Å². The zero-order valence-corrected chi connectivity index (χ0v) is 28.2. The average Bonchev–Trinajstić information content (AvgIpc) is 2.96. The number of aliphatic hydroxyl groups is 2. The second kappa shape index (κ2) is 32.9. The number of phosphoric acid groups is 1. The Balaban J connectivity index is 4.03. The Bertz CT molecular complexity index is 548. The molecule has 0 spiro atoms. The molecule has 0 aromatic carbocycles. The number of hydrogen-bond donors (Lipinski definition) is 2. The topological polar surface area (TPSA) is 88.5 Å². The minimum Gasteiger partial charge on any atom is -0.395 e. The summed E-state index contributed by atoms with van der Waals surface area (Å²) >= 11 is 0. The molecule has 0 saturated heterocycles. The van der Waals surface area contributed by atoms with E-state index < -0.39 is 7.82 Å². The number of hydroxylamine groups is 2. The molecule has 0 rings (SSSR count). The fourth-order valence-corrected chi connectivity index (χ4v) is 6.38. The summed E-state index contributed by atoms with van der Waals surface area (Å²) in [5.74, 6) is 0. The zero-order valence-electron chi connectivity index (χ0n) is 27.3. The summed E-state index contributed by atoms with van der Waals surface area (Å²) < 4.78 is 30.2. The molecule has 0 aliphatic carbocycles. The highest BCUT2D eigenvalue weighted by molar-refractivity contribution is 7.48. The van der Waals surface area contributed by atoms with Crippen LogP contribution in [0.3, 0.4) is 0 Å². The summed E-state index contributed by atoms with van der Waals surface area (Å²) in [4.78, 5) is 0. The molecule has 41 heavy (non-hydrogen) atoms. The van der Waals surface area contributed by atoms with E-state index in [0.717, 1.165) is 38.5 Å². The first kappa shape index (κ1) is 41.0. The number of hydrogen-bond acceptors (Lipinski definition) is 7. The van der Waals surface area contributed by atoms with Crippen LogP contribution < -0.4 is 0 Å². The van der Waals surface area contributed by atoms with E-state index in [2.05, 4.69) is 13.8 Å². The summed E-state index contributed by atoms with van der Waals surface area (Å²) in [5, 5.41) is 19.9. The van der Waals surface area contributed by atoms with Crippen molar-refractivity contribution in [1.29, 1.82) is 0 Å². The Morgan fingerprint density at radius 2 is 0.732 bits per heavy atom. The third kappa shape index (κ3) is 29.8. The van der Waals surface area contributed by atoms with Crippen molar-refractivity contribution in [2.45, 2.75) is 174 Å². The van der Waals surface area contributed by atoms with Crippen molar-refractivity contribution in [3.63, 3.8) is 0 Å². The van der Waals surface area contributed by atoms with Crippen molar-refractivity contribution >= 4 is 7.82 Å². The Labute approximate surface area is 255 Å². The fraction of sp³-hybridized carbons (Fsp3) is 1.00. The Hall–Kier alpha value is -0.0100. The lowest BCUT2D eigenvalue weighted by atomic mass is 10.0. The van der Waals surface area contributed by atoms with Crippen LogP contribution in [-0.2, 0) is 18.2 Å². The predicted octanol–water partition coefficient (Wildman–Crippen LogP) is 10.1. The van der Waals surface area contributed by atoms with Gasteiger partial charge in [0.15, 0.2) is 0 Å². The van der Waals surface area contributed by atoms with Crippen LogP contribution in [0.1, 0.15) is 174 Å². The molecule has 0 bridgehead atoms. The molecule has 1 atom stereocenters. The maximum absolute atomic E-state index is 13.3. The van der Waals surface area contributed by atoms with Gasteiger partial charge in [-0.05, 0) is 12.8 Å². The summed E-state index contributed by atoms with van der Waals surface area (Å²) in [6, 6.07) is 0. The van der Waals surface area contributed by atoms with Gasteiger partial charge in [0.05, 0.1) is 26.4 Å². The number of nitrogens with zero attached hydrogens (tertiary/aromatic N) is 1. The summed E-state index contributed by atoms with van der Waals surface area (Å²) in [5.41, 5.74) is 0. The van der Waals surface area contributed by atoms with E-state index in [9.17, 15) is 14.8 Å². The smallest absolute Gasteiger partial charge is 0.395 e. The first-order valence-electron chi connectivity index (χ1n) is 17.7. The van der Waals surface area contributed by atoms with Gasteiger partial charge in [0.2, 0.25) is 0 Å². The molecule has 0 amide bonds. The molecule has 0 radical (unpaired) electrons. The van der Waals surface area contributed by atoms with Crippen LogP contribution >= 0.6 is 7.82 Å². The molecule has 0 saturated carbocycles. The van der Waals surface area contributed by atoms with Gasteiger partial charge in [0.1, 0.15) is 0 Å². The Kier molecular flexibility index (Phi) is 32.9. The molecular weight excluding hydrogens is 537 g/mol. The maximum atomic E-state index is 13.3. The highest BCUT2D eigenvalue weighted by atomic mass is 31.2. The minimum absolute atomic E-state index is 0.133. The lowest BCUT2D eigenvalue weighted by Gasteiger charge is -2.25. The average molecular weight is 608 g/mol. The van der Waals surface area contributed by atoms with Gasteiger partial charge in [-0.15, -0.1) is 0 Å². The van der Waals surface area contributed by atoms with Gasteiger partial charge in [-0.3, -0.25) is 9.05 Å². The van der Waals surface area contributed by atoms with Gasteiger partial charge in [-0.1, -0.05) is 162 Å². The SMILES string of the molecule is CCCCCCCCCCCCCCCCCOP(=O)(OCCCCCCCCCCCC)ON(CCO)CCO. The molecule has 2 N–H and O–H groups in total. The number of unbranched alkanes of at least 4 members (excludes halogenated alkanes) is 23. The summed E-state index contributed by atoms with van der Waals surface area (Å²) in [7, 11) is -3.80. The quantitative estimate of drug-likeness (QED) is 0.0421. The lowest BCUT2D eigenvalue weighted by Crippen LogP contribution is -2.30. The van der Waals surface area contributed by atoms with E-state index in [-0.39, 0.29) is 26.3 Å². The van der Waals surface area contributed by atoms with Crippen LogP contribution in [0.15, 0.2) is 0 Å². The molecule has 0 aliphatic rings. The first-order chi connectivity index (χ1) is 20.1. The molecule has 7 nitrogen and oxygen atoms in total. The van der Waals surface area contributed by atoms with Crippen molar-refractivity contribution in [3.8, 4) is 0 Å². The monoisotopic (exact) mass is 607 g/mol. The summed E-state index contributed by atoms with van der Waals surface area (Å²) in [6.07, 6.45) is 31.5. The molecule has 248 valence electrons. The van der Waals surface area contributed by atoms with Crippen LogP contribution in [0.25, 0.3) is 0 Å².